The molecule has 6 heteroatoms. The fourth-order valence-electron chi connectivity index (χ4n) is 3.39. The largest absolute Gasteiger partial charge is 0.325 e. The van der Waals surface area contributed by atoms with Crippen LogP contribution < -0.4 is 5.32 Å². The molecular formula is C23H26N2O3S. The van der Waals surface area contributed by atoms with Crippen molar-refractivity contribution in [1.29, 1.82) is 0 Å². The molecule has 1 atom stereocenters. The molecule has 0 saturated carbocycles. The Hall–Kier alpha value is -2.60. The molecule has 0 fully saturated rings. The number of aryl methyl sites for hydroxylation is 2. The predicted octanol–water partition coefficient (Wildman–Crippen LogP) is 4.44. The van der Waals surface area contributed by atoms with Gasteiger partial charge in [0.2, 0.25) is 5.91 Å². The van der Waals surface area contributed by atoms with E-state index in [1.807, 2.05) is 39.0 Å². The number of benzene rings is 2. The molecule has 2 aromatic carbocycles. The third kappa shape index (κ3) is 4.70. The van der Waals surface area contributed by atoms with Gasteiger partial charge in [-0.25, -0.2) is 0 Å². The molecule has 152 valence electrons. The number of hydrogen-bond acceptors (Lipinski definition) is 4. The average molecular weight is 411 g/mol. The smallest absolute Gasteiger partial charge is 0.261 e. The van der Waals surface area contributed by atoms with Crippen LogP contribution in [0.15, 0.2) is 42.5 Å². The van der Waals surface area contributed by atoms with Crippen molar-refractivity contribution in [3.63, 3.8) is 0 Å². The van der Waals surface area contributed by atoms with E-state index in [1.165, 1.54) is 4.90 Å². The number of nitrogens with one attached hydrogen (secondary N) is 1. The van der Waals surface area contributed by atoms with Crippen LogP contribution in [-0.4, -0.2) is 40.2 Å². The summed E-state index contributed by atoms with van der Waals surface area (Å²) in [5.41, 5.74) is 3.97. The lowest BCUT2D eigenvalue weighted by Gasteiger charge is -2.16. The topological polar surface area (TPSA) is 66.5 Å². The zero-order valence-electron chi connectivity index (χ0n) is 17.0. The molecule has 0 spiro atoms. The van der Waals surface area contributed by atoms with Gasteiger partial charge in [0.15, 0.2) is 0 Å². The molecule has 0 aliphatic carbocycles. The van der Waals surface area contributed by atoms with Gasteiger partial charge >= 0.3 is 0 Å². The van der Waals surface area contributed by atoms with Gasteiger partial charge < -0.3 is 5.32 Å². The number of unbranched alkanes of at least 4 members (excludes halogenated alkanes) is 1. The standard InChI is InChI=1S/C23H26N2O3S/c1-15-9-8-10-16(2)20(15)24-21(26)17(3)29-14-7-6-13-25-22(27)18-11-4-5-12-19(18)23(25)28/h4-5,8-12,17H,6-7,13-14H2,1-3H3,(H,24,26). The van der Waals surface area contributed by atoms with Crippen molar-refractivity contribution >= 4 is 35.2 Å². The molecule has 3 amide bonds. The molecule has 1 N–H and O–H groups in total. The van der Waals surface area contributed by atoms with Crippen LogP contribution in [0.1, 0.15) is 51.6 Å². The van der Waals surface area contributed by atoms with E-state index in [0.29, 0.717) is 17.7 Å². The van der Waals surface area contributed by atoms with E-state index in [-0.39, 0.29) is 23.0 Å². The van der Waals surface area contributed by atoms with Crippen molar-refractivity contribution in [1.82, 2.24) is 4.90 Å². The Morgan fingerprint density at radius 3 is 2.14 bits per heavy atom. The normalized spacial score (nSPS) is 14.1. The zero-order valence-corrected chi connectivity index (χ0v) is 17.8. The summed E-state index contributed by atoms with van der Waals surface area (Å²) in [5.74, 6) is 0.372. The van der Waals surface area contributed by atoms with Crippen LogP contribution >= 0.6 is 11.8 Å². The number of rotatable bonds is 8. The molecule has 1 aliphatic rings. The number of para-hydroxylation sites is 1. The van der Waals surface area contributed by atoms with Crippen LogP contribution in [0.3, 0.4) is 0 Å². The first-order valence-electron chi connectivity index (χ1n) is 9.84. The van der Waals surface area contributed by atoms with Crippen molar-refractivity contribution < 1.29 is 14.4 Å². The summed E-state index contributed by atoms with van der Waals surface area (Å²) < 4.78 is 0. The third-order valence-corrected chi connectivity index (χ3v) is 6.36. The predicted molar refractivity (Wildman–Crippen MR) is 118 cm³/mol. The molecule has 2 aromatic rings. The van der Waals surface area contributed by atoms with Crippen molar-refractivity contribution in [3.05, 3.63) is 64.7 Å². The van der Waals surface area contributed by atoms with Crippen LogP contribution in [-0.2, 0) is 4.79 Å². The van der Waals surface area contributed by atoms with E-state index in [4.69, 9.17) is 0 Å². The lowest BCUT2D eigenvalue weighted by molar-refractivity contribution is -0.115. The highest BCUT2D eigenvalue weighted by molar-refractivity contribution is 8.00. The maximum Gasteiger partial charge on any atom is 0.261 e. The quantitative estimate of drug-likeness (QED) is 0.516. The van der Waals surface area contributed by atoms with Gasteiger partial charge in [-0.3, -0.25) is 19.3 Å². The molecule has 1 unspecified atom stereocenters. The highest BCUT2D eigenvalue weighted by Gasteiger charge is 2.34. The van der Waals surface area contributed by atoms with Gasteiger partial charge in [0, 0.05) is 12.2 Å². The van der Waals surface area contributed by atoms with Gasteiger partial charge in [0.05, 0.1) is 16.4 Å². The van der Waals surface area contributed by atoms with Gasteiger partial charge in [-0.1, -0.05) is 30.3 Å². The SMILES string of the molecule is Cc1cccc(C)c1NC(=O)C(C)SCCCCN1C(=O)c2ccccc2C1=O. The molecule has 1 aliphatic heterocycles. The Morgan fingerprint density at radius 2 is 1.55 bits per heavy atom. The first kappa shape index (κ1) is 21.1. The number of thioether (sulfide) groups is 1. The number of hydrogen-bond donors (Lipinski definition) is 1. The van der Waals surface area contributed by atoms with E-state index < -0.39 is 0 Å². The Bertz CT molecular complexity index is 886. The zero-order chi connectivity index (χ0) is 21.0. The number of nitrogens with zero attached hydrogens (tertiary/aromatic N) is 1. The molecule has 5 nitrogen and oxygen atoms in total. The van der Waals surface area contributed by atoms with Crippen molar-refractivity contribution in [2.75, 3.05) is 17.6 Å². The van der Waals surface area contributed by atoms with E-state index in [9.17, 15) is 14.4 Å². The number of amides is 3. The second-order valence-corrected chi connectivity index (χ2v) is 8.73. The van der Waals surface area contributed by atoms with Crippen molar-refractivity contribution in [2.45, 2.75) is 38.9 Å². The molecule has 29 heavy (non-hydrogen) atoms. The fourth-order valence-corrected chi connectivity index (χ4v) is 4.32. The highest BCUT2D eigenvalue weighted by atomic mass is 32.2. The fraction of sp³-hybridized carbons (Fsp3) is 0.348. The third-order valence-electron chi connectivity index (χ3n) is 5.12. The highest BCUT2D eigenvalue weighted by Crippen LogP contribution is 2.24. The van der Waals surface area contributed by atoms with Crippen LogP contribution in [0.2, 0.25) is 0 Å². The summed E-state index contributed by atoms with van der Waals surface area (Å²) in [5, 5.41) is 2.86. The van der Waals surface area contributed by atoms with Gasteiger partial charge in [-0.2, -0.15) is 0 Å². The average Bonchev–Trinajstić information content (AvgIpc) is 2.95. The van der Waals surface area contributed by atoms with Crippen LogP contribution in [0.4, 0.5) is 5.69 Å². The van der Waals surface area contributed by atoms with Gasteiger partial charge in [0.25, 0.3) is 11.8 Å². The molecule has 0 bridgehead atoms. The van der Waals surface area contributed by atoms with E-state index in [1.54, 1.807) is 36.0 Å². The summed E-state index contributed by atoms with van der Waals surface area (Å²) in [6.45, 7) is 6.28. The van der Waals surface area contributed by atoms with Crippen LogP contribution in [0, 0.1) is 13.8 Å². The summed E-state index contributed by atoms with van der Waals surface area (Å²) >= 11 is 1.59. The maximum atomic E-state index is 12.5. The summed E-state index contributed by atoms with van der Waals surface area (Å²) in [6.07, 6.45) is 1.56. The lowest BCUT2D eigenvalue weighted by atomic mass is 10.1. The summed E-state index contributed by atoms with van der Waals surface area (Å²) in [6, 6.07) is 12.9. The minimum absolute atomic E-state index is 0.00671. The number of anilines is 1. The minimum atomic E-state index is -0.209. The van der Waals surface area contributed by atoms with E-state index in [0.717, 1.165) is 35.4 Å². The number of carbonyl (C=O) groups excluding carboxylic acids is 3. The van der Waals surface area contributed by atoms with Gasteiger partial charge in [-0.15, -0.1) is 11.8 Å². The second-order valence-electron chi connectivity index (χ2n) is 7.28. The van der Waals surface area contributed by atoms with Crippen molar-refractivity contribution in [3.8, 4) is 0 Å². The Kier molecular flexibility index (Phi) is 6.75. The number of imide groups is 1. The summed E-state index contributed by atoms with van der Waals surface area (Å²) in [4.78, 5) is 38.5. The molecule has 3 rings (SSSR count). The van der Waals surface area contributed by atoms with E-state index in [2.05, 4.69) is 5.32 Å². The van der Waals surface area contributed by atoms with Gasteiger partial charge in [-0.05, 0) is 62.6 Å². The number of carbonyl (C=O) groups is 3. The van der Waals surface area contributed by atoms with Crippen LogP contribution in [0.5, 0.6) is 0 Å². The monoisotopic (exact) mass is 410 g/mol. The Morgan fingerprint density at radius 1 is 0.966 bits per heavy atom. The number of fused-ring (bicyclic) bond motifs is 1. The first-order valence-corrected chi connectivity index (χ1v) is 10.9. The molecule has 1 heterocycles. The van der Waals surface area contributed by atoms with Gasteiger partial charge in [0.1, 0.15) is 0 Å². The molecule has 0 radical (unpaired) electrons. The molecular weight excluding hydrogens is 384 g/mol. The van der Waals surface area contributed by atoms with Crippen molar-refractivity contribution in [2.24, 2.45) is 0 Å². The van der Waals surface area contributed by atoms with E-state index >= 15 is 0 Å². The Labute approximate surface area is 175 Å². The lowest BCUT2D eigenvalue weighted by Crippen LogP contribution is -2.30. The molecule has 0 saturated heterocycles. The molecule has 0 aromatic heterocycles. The first-order chi connectivity index (χ1) is 13.9. The summed E-state index contributed by atoms with van der Waals surface area (Å²) in [7, 11) is 0. The minimum Gasteiger partial charge on any atom is -0.325 e. The maximum absolute atomic E-state index is 12.5. The Balaban J connectivity index is 1.41. The van der Waals surface area contributed by atoms with Crippen LogP contribution in [0.25, 0.3) is 0 Å². The second kappa shape index (κ2) is 9.27.